The molecule has 0 N–H and O–H groups in total. The highest BCUT2D eigenvalue weighted by Gasteiger charge is 2.47. The summed E-state index contributed by atoms with van der Waals surface area (Å²) in [5, 5.41) is 9.11. The monoisotopic (exact) mass is 322 g/mol. The molecule has 0 radical (unpaired) electrons. The fourth-order valence-corrected chi connectivity index (χ4v) is 3.70. The second kappa shape index (κ2) is 5.34. The van der Waals surface area contributed by atoms with Gasteiger partial charge in [0, 0.05) is 18.7 Å². The Bertz CT molecular complexity index is 864. The van der Waals surface area contributed by atoms with Crippen LogP contribution in [0.2, 0.25) is 0 Å². The molecule has 0 saturated carbocycles. The van der Waals surface area contributed by atoms with Crippen LogP contribution in [-0.4, -0.2) is 23.8 Å². The van der Waals surface area contributed by atoms with E-state index in [1.165, 1.54) is 18.2 Å². The second-order valence-electron chi connectivity index (χ2n) is 6.24. The molecule has 2 aliphatic heterocycles. The summed E-state index contributed by atoms with van der Waals surface area (Å²) in [6, 6.07) is 11.5. The molecule has 0 aromatic heterocycles. The van der Waals surface area contributed by atoms with Gasteiger partial charge in [-0.15, -0.1) is 0 Å². The van der Waals surface area contributed by atoms with Crippen molar-refractivity contribution in [3.8, 4) is 17.7 Å². The topological polar surface area (TPSA) is 53.3 Å². The lowest BCUT2D eigenvalue weighted by atomic mass is 9.68. The molecule has 2 aromatic rings. The zero-order valence-corrected chi connectivity index (χ0v) is 13.0. The molecular formula is C19H15FN2O2. The second-order valence-corrected chi connectivity index (χ2v) is 6.24. The van der Waals surface area contributed by atoms with Crippen LogP contribution in [0.1, 0.15) is 28.8 Å². The van der Waals surface area contributed by atoms with Crippen LogP contribution in [-0.2, 0) is 5.41 Å². The van der Waals surface area contributed by atoms with Crippen LogP contribution >= 0.6 is 0 Å². The van der Waals surface area contributed by atoms with Gasteiger partial charge in [0.2, 0.25) is 0 Å². The van der Waals surface area contributed by atoms with Gasteiger partial charge in [-0.25, -0.2) is 4.39 Å². The van der Waals surface area contributed by atoms with Crippen molar-refractivity contribution in [2.75, 3.05) is 13.1 Å². The maximum atomic E-state index is 13.7. The number of nitriles is 1. The normalized spacial score (nSPS) is 18.2. The van der Waals surface area contributed by atoms with Gasteiger partial charge in [-0.2, -0.15) is 5.26 Å². The van der Waals surface area contributed by atoms with Crippen LogP contribution in [0.3, 0.4) is 0 Å². The first-order chi connectivity index (χ1) is 11.6. The largest absolute Gasteiger partial charge is 0.456 e. The fraction of sp³-hybridized carbons (Fsp3) is 0.263. The Labute approximate surface area is 139 Å². The summed E-state index contributed by atoms with van der Waals surface area (Å²) in [5.74, 6) is 0.427. The Morgan fingerprint density at radius 2 is 1.88 bits per heavy atom. The van der Waals surface area contributed by atoms with Crippen LogP contribution in [0.15, 0.2) is 42.5 Å². The molecule has 0 atom stereocenters. The van der Waals surface area contributed by atoms with Crippen LogP contribution in [0.5, 0.6) is 11.5 Å². The predicted octanol–water partition coefficient (Wildman–Crippen LogP) is 3.63. The Kier molecular flexibility index (Phi) is 3.27. The number of nitrogens with zero attached hydrogens (tertiary/aromatic N) is 2. The van der Waals surface area contributed by atoms with E-state index in [1.54, 1.807) is 4.90 Å². The third kappa shape index (κ3) is 2.07. The highest BCUT2D eigenvalue weighted by Crippen LogP contribution is 2.47. The summed E-state index contributed by atoms with van der Waals surface area (Å²) in [4.78, 5) is 15.0. The fourth-order valence-electron chi connectivity index (χ4n) is 3.70. The zero-order chi connectivity index (χ0) is 16.7. The van der Waals surface area contributed by atoms with Crippen LogP contribution in [0, 0.1) is 17.3 Å². The van der Waals surface area contributed by atoms with Crippen molar-refractivity contribution < 1.29 is 13.9 Å². The lowest BCUT2D eigenvalue weighted by Gasteiger charge is -2.38. The van der Waals surface area contributed by atoms with E-state index in [-0.39, 0.29) is 11.3 Å². The zero-order valence-electron chi connectivity index (χ0n) is 13.0. The predicted molar refractivity (Wildman–Crippen MR) is 85.3 cm³/mol. The summed E-state index contributed by atoms with van der Waals surface area (Å²) in [7, 11) is 0. The van der Waals surface area contributed by atoms with E-state index in [1.807, 2.05) is 24.3 Å². The van der Waals surface area contributed by atoms with E-state index < -0.39 is 11.2 Å². The van der Waals surface area contributed by atoms with E-state index in [0.717, 1.165) is 5.56 Å². The molecule has 0 bridgehead atoms. The van der Waals surface area contributed by atoms with E-state index in [0.29, 0.717) is 37.4 Å². The Balaban J connectivity index is 1.91. The minimum atomic E-state index is -0.775. The Morgan fingerprint density at radius 1 is 1.12 bits per heavy atom. The molecule has 0 aliphatic carbocycles. The molecule has 0 amide bonds. The average molecular weight is 322 g/mol. The van der Waals surface area contributed by atoms with Gasteiger partial charge in [0.25, 0.3) is 0 Å². The number of fused-ring (bicyclic) bond motifs is 3. The molecule has 2 heterocycles. The van der Waals surface area contributed by atoms with Gasteiger partial charge in [-0.3, -0.25) is 4.79 Å². The van der Waals surface area contributed by atoms with Gasteiger partial charge in [0.1, 0.15) is 17.3 Å². The number of hydrogen-bond acceptors (Lipinski definition) is 4. The van der Waals surface area contributed by atoms with Crippen molar-refractivity contribution in [2.45, 2.75) is 18.3 Å². The summed E-state index contributed by atoms with van der Waals surface area (Å²) < 4.78 is 19.7. The number of piperidine rings is 1. The summed E-state index contributed by atoms with van der Waals surface area (Å²) in [6.07, 6.45) is 3.16. The molecule has 0 unspecified atom stereocenters. The molecular weight excluding hydrogens is 307 g/mol. The van der Waals surface area contributed by atoms with E-state index in [9.17, 15) is 9.18 Å². The third-order valence-electron chi connectivity index (χ3n) is 5.00. The standard InChI is InChI=1S/C19H15FN2O2/c20-13-5-6-16-14(11-13)18(23)19(7-9-22(12-21)10-8-19)15-3-1-2-4-17(15)24-16/h1-6,11H,7-10H2. The minimum absolute atomic E-state index is 0.125. The van der Waals surface area contributed by atoms with Gasteiger partial charge in [0.15, 0.2) is 12.0 Å². The molecule has 24 heavy (non-hydrogen) atoms. The molecule has 1 saturated heterocycles. The van der Waals surface area contributed by atoms with E-state index in [2.05, 4.69) is 6.19 Å². The number of Topliss-reactive ketones (excluding diaryl/α,β-unsaturated/α-hetero) is 1. The van der Waals surface area contributed by atoms with Crippen molar-refractivity contribution in [1.29, 1.82) is 5.26 Å². The molecule has 120 valence electrons. The van der Waals surface area contributed by atoms with Crippen molar-refractivity contribution in [3.63, 3.8) is 0 Å². The highest BCUT2D eigenvalue weighted by molar-refractivity contribution is 6.07. The van der Waals surface area contributed by atoms with Crippen LogP contribution in [0.4, 0.5) is 4.39 Å². The summed E-state index contributed by atoms with van der Waals surface area (Å²) >= 11 is 0. The van der Waals surface area contributed by atoms with Gasteiger partial charge in [0.05, 0.1) is 11.0 Å². The first kappa shape index (κ1) is 14.7. The Morgan fingerprint density at radius 3 is 2.62 bits per heavy atom. The van der Waals surface area contributed by atoms with Crippen molar-refractivity contribution in [2.24, 2.45) is 0 Å². The molecule has 4 nitrogen and oxygen atoms in total. The molecule has 2 aliphatic rings. The SMILES string of the molecule is N#CN1CCC2(CC1)C(=O)c1cc(F)ccc1Oc1ccccc12. The van der Waals surface area contributed by atoms with Crippen LogP contribution in [0.25, 0.3) is 0 Å². The van der Waals surface area contributed by atoms with Gasteiger partial charge in [-0.1, -0.05) is 18.2 Å². The first-order valence-corrected chi connectivity index (χ1v) is 7.90. The van der Waals surface area contributed by atoms with Crippen molar-refractivity contribution in [3.05, 3.63) is 59.4 Å². The van der Waals surface area contributed by atoms with E-state index >= 15 is 0 Å². The van der Waals surface area contributed by atoms with Gasteiger partial charge in [-0.05, 0) is 37.1 Å². The number of carbonyl (C=O) groups excluding carboxylic acids is 1. The number of ketones is 1. The first-order valence-electron chi connectivity index (χ1n) is 7.90. The maximum absolute atomic E-state index is 13.7. The third-order valence-corrected chi connectivity index (χ3v) is 5.00. The van der Waals surface area contributed by atoms with E-state index in [4.69, 9.17) is 10.00 Å². The molecule has 5 heteroatoms. The number of carbonyl (C=O) groups is 1. The number of halogens is 1. The Hall–Kier alpha value is -2.87. The van der Waals surface area contributed by atoms with Gasteiger partial charge >= 0.3 is 0 Å². The van der Waals surface area contributed by atoms with Crippen LogP contribution < -0.4 is 4.74 Å². The molecule has 4 rings (SSSR count). The number of hydrogen-bond donors (Lipinski definition) is 0. The summed E-state index contributed by atoms with van der Waals surface area (Å²) in [5.41, 5.74) is 0.323. The lowest BCUT2D eigenvalue weighted by Crippen LogP contribution is -2.45. The lowest BCUT2D eigenvalue weighted by molar-refractivity contribution is 0.0811. The number of likely N-dealkylation sites (tertiary alicyclic amines) is 1. The quantitative estimate of drug-likeness (QED) is 0.695. The minimum Gasteiger partial charge on any atom is -0.456 e. The highest BCUT2D eigenvalue weighted by atomic mass is 19.1. The summed E-state index contributed by atoms with van der Waals surface area (Å²) in [6.45, 7) is 1.00. The molecule has 1 fully saturated rings. The number of rotatable bonds is 0. The van der Waals surface area contributed by atoms with Crippen molar-refractivity contribution >= 4 is 5.78 Å². The molecule has 2 aromatic carbocycles. The number of benzene rings is 2. The maximum Gasteiger partial charge on any atom is 0.179 e. The number of para-hydroxylation sites is 1. The smallest absolute Gasteiger partial charge is 0.179 e. The number of ether oxygens (including phenoxy) is 1. The van der Waals surface area contributed by atoms with Gasteiger partial charge < -0.3 is 9.64 Å². The average Bonchev–Trinajstić information content (AvgIpc) is 2.71. The molecule has 1 spiro atoms. The van der Waals surface area contributed by atoms with Crippen molar-refractivity contribution in [1.82, 2.24) is 4.90 Å².